The molecule has 0 spiro atoms. The molecule has 9 heteroatoms. The topological polar surface area (TPSA) is 102 Å². The van der Waals surface area contributed by atoms with Crippen molar-refractivity contribution in [2.75, 3.05) is 33.1 Å². The Balaban J connectivity index is 1.89. The molecule has 0 aliphatic rings. The SMILES string of the molecule is COc1ccc(CC(=O)OCC(=O)Nc2cccc(S(=O)(=O)N(C)C)c2)cc1. The smallest absolute Gasteiger partial charge is 0.310 e. The maximum absolute atomic E-state index is 12.1. The second kappa shape index (κ2) is 9.34. The second-order valence-corrected chi connectivity index (χ2v) is 8.20. The lowest BCUT2D eigenvalue weighted by Gasteiger charge is -2.12. The third kappa shape index (κ3) is 5.80. The summed E-state index contributed by atoms with van der Waals surface area (Å²) in [6.45, 7) is -0.473. The monoisotopic (exact) mass is 406 g/mol. The molecule has 8 nitrogen and oxygen atoms in total. The lowest BCUT2D eigenvalue weighted by Crippen LogP contribution is -2.23. The van der Waals surface area contributed by atoms with Crippen molar-refractivity contribution in [2.24, 2.45) is 0 Å². The number of carbonyl (C=O) groups is 2. The zero-order valence-electron chi connectivity index (χ0n) is 15.8. The Morgan fingerprint density at radius 1 is 1.07 bits per heavy atom. The van der Waals surface area contributed by atoms with Gasteiger partial charge in [-0.2, -0.15) is 0 Å². The van der Waals surface area contributed by atoms with Crippen molar-refractivity contribution in [3.05, 3.63) is 54.1 Å². The zero-order chi connectivity index (χ0) is 20.7. The number of nitrogens with zero attached hydrogens (tertiary/aromatic N) is 1. The average molecular weight is 406 g/mol. The van der Waals surface area contributed by atoms with Gasteiger partial charge in [0.1, 0.15) is 5.75 Å². The lowest BCUT2D eigenvalue weighted by atomic mass is 10.1. The van der Waals surface area contributed by atoms with Gasteiger partial charge in [-0.25, -0.2) is 12.7 Å². The van der Waals surface area contributed by atoms with Gasteiger partial charge in [-0.1, -0.05) is 18.2 Å². The quantitative estimate of drug-likeness (QED) is 0.669. The number of anilines is 1. The molecular weight excluding hydrogens is 384 g/mol. The normalized spacial score (nSPS) is 11.1. The van der Waals surface area contributed by atoms with Crippen LogP contribution in [0.5, 0.6) is 5.75 Å². The molecule has 2 aromatic rings. The Bertz CT molecular complexity index is 939. The summed E-state index contributed by atoms with van der Waals surface area (Å²) in [6, 6.07) is 12.8. The van der Waals surface area contributed by atoms with Crippen molar-refractivity contribution < 1.29 is 27.5 Å². The lowest BCUT2D eigenvalue weighted by molar-refractivity contribution is -0.146. The number of amides is 1. The van der Waals surface area contributed by atoms with Crippen molar-refractivity contribution in [1.82, 2.24) is 4.31 Å². The summed E-state index contributed by atoms with van der Waals surface area (Å²) < 4.78 is 35.4. The number of ether oxygens (including phenoxy) is 2. The van der Waals surface area contributed by atoms with Gasteiger partial charge in [0, 0.05) is 19.8 Å². The molecule has 0 saturated carbocycles. The number of methoxy groups -OCH3 is 1. The van der Waals surface area contributed by atoms with Crippen molar-refractivity contribution in [1.29, 1.82) is 0 Å². The number of benzene rings is 2. The summed E-state index contributed by atoms with van der Waals surface area (Å²) in [5, 5.41) is 2.51. The van der Waals surface area contributed by atoms with Gasteiger partial charge < -0.3 is 14.8 Å². The molecule has 0 saturated heterocycles. The summed E-state index contributed by atoms with van der Waals surface area (Å²) in [5.74, 6) is -0.443. The third-order valence-corrected chi connectivity index (χ3v) is 5.58. The maximum atomic E-state index is 12.1. The van der Waals surface area contributed by atoms with E-state index in [0.717, 1.165) is 9.87 Å². The molecule has 0 aromatic heterocycles. The molecule has 2 aromatic carbocycles. The fourth-order valence-corrected chi connectivity index (χ4v) is 3.20. The van der Waals surface area contributed by atoms with E-state index < -0.39 is 28.5 Å². The van der Waals surface area contributed by atoms with Gasteiger partial charge in [-0.3, -0.25) is 9.59 Å². The summed E-state index contributed by atoms with van der Waals surface area (Å²) in [5.41, 5.74) is 1.02. The Morgan fingerprint density at radius 3 is 2.36 bits per heavy atom. The van der Waals surface area contributed by atoms with Gasteiger partial charge in [0.05, 0.1) is 18.4 Å². The standard InChI is InChI=1S/C19H22N2O6S/c1-21(2)28(24,25)17-6-4-5-15(12-17)20-18(22)13-27-19(23)11-14-7-9-16(26-3)10-8-14/h4-10,12H,11,13H2,1-3H3,(H,20,22). The molecule has 0 radical (unpaired) electrons. The molecule has 28 heavy (non-hydrogen) atoms. The molecule has 0 aliphatic heterocycles. The van der Waals surface area contributed by atoms with Crippen LogP contribution in [0.25, 0.3) is 0 Å². The van der Waals surface area contributed by atoms with Crippen molar-refractivity contribution in [3.8, 4) is 5.75 Å². The minimum Gasteiger partial charge on any atom is -0.497 e. The fraction of sp³-hybridized carbons (Fsp3) is 0.263. The summed E-state index contributed by atoms with van der Waals surface area (Å²) in [7, 11) is 0.775. The number of esters is 1. The van der Waals surface area contributed by atoms with E-state index in [1.54, 1.807) is 37.4 Å². The van der Waals surface area contributed by atoms with Crippen LogP contribution in [-0.4, -0.2) is 52.4 Å². The molecular formula is C19H22N2O6S. The van der Waals surface area contributed by atoms with Gasteiger partial charge in [0.25, 0.3) is 5.91 Å². The van der Waals surface area contributed by atoms with Gasteiger partial charge in [-0.15, -0.1) is 0 Å². The Morgan fingerprint density at radius 2 is 1.75 bits per heavy atom. The van der Waals surface area contributed by atoms with Crippen molar-refractivity contribution >= 4 is 27.6 Å². The predicted octanol–water partition coefficient (Wildman–Crippen LogP) is 1.67. The molecule has 0 fully saturated rings. The second-order valence-electron chi connectivity index (χ2n) is 6.05. The number of nitrogens with one attached hydrogen (secondary N) is 1. The average Bonchev–Trinajstić information content (AvgIpc) is 2.67. The van der Waals surface area contributed by atoms with E-state index in [0.29, 0.717) is 11.4 Å². The van der Waals surface area contributed by atoms with Crippen molar-refractivity contribution in [2.45, 2.75) is 11.3 Å². The van der Waals surface area contributed by atoms with E-state index in [4.69, 9.17) is 9.47 Å². The predicted molar refractivity (Wildman–Crippen MR) is 104 cm³/mol. The fourth-order valence-electron chi connectivity index (χ4n) is 2.25. The molecule has 0 heterocycles. The molecule has 150 valence electrons. The third-order valence-electron chi connectivity index (χ3n) is 3.77. The van der Waals surface area contributed by atoms with Crippen LogP contribution in [0, 0.1) is 0 Å². The zero-order valence-corrected chi connectivity index (χ0v) is 16.7. The van der Waals surface area contributed by atoms with E-state index in [9.17, 15) is 18.0 Å². The molecule has 0 aliphatic carbocycles. The van der Waals surface area contributed by atoms with E-state index in [1.807, 2.05) is 0 Å². The molecule has 2 rings (SSSR count). The van der Waals surface area contributed by atoms with E-state index in [2.05, 4.69) is 5.32 Å². The van der Waals surface area contributed by atoms with Crippen LogP contribution in [0.15, 0.2) is 53.4 Å². The van der Waals surface area contributed by atoms with E-state index in [-0.39, 0.29) is 11.3 Å². The largest absolute Gasteiger partial charge is 0.497 e. The number of carbonyl (C=O) groups excluding carboxylic acids is 2. The number of sulfonamides is 1. The maximum Gasteiger partial charge on any atom is 0.310 e. The first-order valence-corrected chi connectivity index (χ1v) is 9.77. The van der Waals surface area contributed by atoms with Crippen LogP contribution >= 0.6 is 0 Å². The Labute approximate surface area is 164 Å². The summed E-state index contributed by atoms with van der Waals surface area (Å²) in [4.78, 5) is 23.9. The minimum atomic E-state index is -3.61. The molecule has 0 unspecified atom stereocenters. The number of hydrogen-bond donors (Lipinski definition) is 1. The number of rotatable bonds is 8. The van der Waals surface area contributed by atoms with Crippen LogP contribution in [0.3, 0.4) is 0 Å². The van der Waals surface area contributed by atoms with Crippen LogP contribution in [-0.2, 0) is 30.8 Å². The highest BCUT2D eigenvalue weighted by Crippen LogP contribution is 2.18. The Kier molecular flexibility index (Phi) is 7.13. The van der Waals surface area contributed by atoms with Crippen molar-refractivity contribution in [3.63, 3.8) is 0 Å². The van der Waals surface area contributed by atoms with Crippen LogP contribution in [0.2, 0.25) is 0 Å². The molecule has 1 amide bonds. The van der Waals surface area contributed by atoms with Crippen LogP contribution in [0.1, 0.15) is 5.56 Å². The molecule has 0 atom stereocenters. The molecule has 1 N–H and O–H groups in total. The summed E-state index contributed by atoms with van der Waals surface area (Å²) in [6.07, 6.45) is 0.0217. The highest BCUT2D eigenvalue weighted by atomic mass is 32.2. The van der Waals surface area contributed by atoms with Gasteiger partial charge in [-0.05, 0) is 35.9 Å². The first-order valence-electron chi connectivity index (χ1n) is 8.33. The van der Waals surface area contributed by atoms with Crippen LogP contribution < -0.4 is 10.1 Å². The number of hydrogen-bond acceptors (Lipinski definition) is 6. The first kappa shape index (κ1) is 21.4. The minimum absolute atomic E-state index is 0.0217. The first-order chi connectivity index (χ1) is 13.2. The van der Waals surface area contributed by atoms with E-state index in [1.165, 1.54) is 32.3 Å². The van der Waals surface area contributed by atoms with Crippen LogP contribution in [0.4, 0.5) is 5.69 Å². The molecule has 0 bridgehead atoms. The highest BCUT2D eigenvalue weighted by molar-refractivity contribution is 7.89. The highest BCUT2D eigenvalue weighted by Gasteiger charge is 2.17. The summed E-state index contributed by atoms with van der Waals surface area (Å²) >= 11 is 0. The van der Waals surface area contributed by atoms with Gasteiger partial charge in [0.2, 0.25) is 10.0 Å². The van der Waals surface area contributed by atoms with Gasteiger partial charge in [0.15, 0.2) is 6.61 Å². The van der Waals surface area contributed by atoms with Gasteiger partial charge >= 0.3 is 5.97 Å². The Hall–Kier alpha value is -2.91. The van der Waals surface area contributed by atoms with E-state index >= 15 is 0 Å².